The highest BCUT2D eigenvalue weighted by Crippen LogP contribution is 2.47. The van der Waals surface area contributed by atoms with Crippen LogP contribution in [0.3, 0.4) is 0 Å². The van der Waals surface area contributed by atoms with Crippen LogP contribution in [0.1, 0.15) is 36.4 Å². The van der Waals surface area contributed by atoms with Crippen molar-refractivity contribution in [3.8, 4) is 5.75 Å². The first kappa shape index (κ1) is 12.0. The molecule has 3 heteroatoms. The molecule has 0 amide bonds. The van der Waals surface area contributed by atoms with Crippen LogP contribution < -0.4 is 10.1 Å². The fraction of sp³-hybridized carbons (Fsp3) is 0.600. The first-order chi connectivity index (χ1) is 8.80. The maximum absolute atomic E-state index is 5.83. The quantitative estimate of drug-likeness (QED) is 0.886. The van der Waals surface area contributed by atoms with Gasteiger partial charge in [-0.15, -0.1) is 0 Å². The average Bonchev–Trinajstić information content (AvgIpc) is 2.82. The molecule has 3 nitrogen and oxygen atoms in total. The minimum atomic E-state index is -0.0458. The highest BCUT2D eigenvalue weighted by atomic mass is 16.5. The lowest BCUT2D eigenvalue weighted by Crippen LogP contribution is -2.49. The van der Waals surface area contributed by atoms with Gasteiger partial charge in [0.05, 0.1) is 18.2 Å². The minimum absolute atomic E-state index is 0.0458. The third-order valence-electron chi connectivity index (χ3n) is 4.48. The second kappa shape index (κ2) is 4.56. The normalized spacial score (nSPS) is 21.9. The van der Waals surface area contributed by atoms with E-state index < -0.39 is 0 Å². The van der Waals surface area contributed by atoms with Crippen molar-refractivity contribution in [2.75, 3.05) is 20.8 Å². The summed E-state index contributed by atoms with van der Waals surface area (Å²) in [6, 6.07) is 6.70. The van der Waals surface area contributed by atoms with Gasteiger partial charge in [0.25, 0.3) is 0 Å². The molecule has 1 aliphatic carbocycles. The number of para-hydroxylation sites is 1. The first-order valence-electron chi connectivity index (χ1n) is 6.78. The molecule has 0 spiro atoms. The number of benzene rings is 1. The molecule has 0 saturated heterocycles. The van der Waals surface area contributed by atoms with E-state index >= 15 is 0 Å². The number of likely N-dealkylation sites (N-methyl/N-ethyl adjacent to an activating group) is 1. The van der Waals surface area contributed by atoms with Crippen LogP contribution in [0.5, 0.6) is 5.75 Å². The van der Waals surface area contributed by atoms with E-state index in [1.807, 2.05) is 14.2 Å². The SMILES string of the molecule is CNC(c1cccc2c1OCC2)C1(OC)CCC1. The van der Waals surface area contributed by atoms with Gasteiger partial charge in [0.15, 0.2) is 0 Å². The first-order valence-corrected chi connectivity index (χ1v) is 6.78. The number of nitrogens with one attached hydrogen (secondary N) is 1. The van der Waals surface area contributed by atoms with Crippen LogP contribution in [0.25, 0.3) is 0 Å². The van der Waals surface area contributed by atoms with Gasteiger partial charge >= 0.3 is 0 Å². The predicted octanol–water partition coefficient (Wildman–Crippen LogP) is 2.45. The third-order valence-corrected chi connectivity index (χ3v) is 4.48. The lowest BCUT2D eigenvalue weighted by atomic mass is 9.72. The number of methoxy groups -OCH3 is 1. The van der Waals surface area contributed by atoms with Crippen LogP contribution >= 0.6 is 0 Å². The van der Waals surface area contributed by atoms with Gasteiger partial charge in [-0.05, 0) is 31.9 Å². The summed E-state index contributed by atoms with van der Waals surface area (Å²) in [6.45, 7) is 0.808. The van der Waals surface area contributed by atoms with E-state index in [0.29, 0.717) is 0 Å². The molecule has 1 unspecified atom stereocenters. The Bertz CT molecular complexity index is 435. The lowest BCUT2D eigenvalue weighted by Gasteiger charge is -2.46. The largest absolute Gasteiger partial charge is 0.493 e. The molecular formula is C15H21NO2. The highest BCUT2D eigenvalue weighted by molar-refractivity contribution is 5.46. The molecule has 0 bridgehead atoms. The summed E-state index contributed by atoms with van der Waals surface area (Å²) in [5.41, 5.74) is 2.54. The molecule has 1 aromatic rings. The Hall–Kier alpha value is -1.06. The van der Waals surface area contributed by atoms with Crippen LogP contribution in [0.4, 0.5) is 0 Å². The Labute approximate surface area is 108 Å². The Morgan fingerprint density at radius 2 is 2.22 bits per heavy atom. The van der Waals surface area contributed by atoms with Gasteiger partial charge in [-0.1, -0.05) is 18.2 Å². The molecule has 98 valence electrons. The zero-order valence-corrected chi connectivity index (χ0v) is 11.2. The fourth-order valence-electron chi connectivity index (χ4n) is 3.31. The fourth-order valence-corrected chi connectivity index (χ4v) is 3.31. The highest BCUT2D eigenvalue weighted by Gasteiger charge is 2.45. The second-order valence-electron chi connectivity index (χ2n) is 5.28. The molecule has 0 radical (unpaired) electrons. The molecule has 1 heterocycles. The van der Waals surface area contributed by atoms with Gasteiger partial charge in [0.2, 0.25) is 0 Å². The van der Waals surface area contributed by atoms with Crippen molar-refractivity contribution >= 4 is 0 Å². The van der Waals surface area contributed by atoms with Crippen LogP contribution in [-0.4, -0.2) is 26.4 Å². The zero-order valence-electron chi connectivity index (χ0n) is 11.2. The van der Waals surface area contributed by atoms with Crippen molar-refractivity contribution < 1.29 is 9.47 Å². The zero-order chi connectivity index (χ0) is 12.6. The van der Waals surface area contributed by atoms with Crippen molar-refractivity contribution in [1.29, 1.82) is 0 Å². The Kier molecular flexibility index (Phi) is 3.04. The Morgan fingerprint density at radius 1 is 1.39 bits per heavy atom. The summed E-state index contributed by atoms with van der Waals surface area (Å²) in [7, 11) is 3.84. The van der Waals surface area contributed by atoms with Crippen molar-refractivity contribution in [2.45, 2.75) is 37.3 Å². The van der Waals surface area contributed by atoms with E-state index in [1.165, 1.54) is 17.5 Å². The molecule has 3 rings (SSSR count). The Morgan fingerprint density at radius 3 is 2.83 bits per heavy atom. The number of hydrogen-bond acceptors (Lipinski definition) is 3. The summed E-state index contributed by atoms with van der Waals surface area (Å²) in [5.74, 6) is 1.08. The predicted molar refractivity (Wildman–Crippen MR) is 71.0 cm³/mol. The number of ether oxygens (including phenoxy) is 2. The Balaban J connectivity index is 2.00. The smallest absolute Gasteiger partial charge is 0.127 e. The van der Waals surface area contributed by atoms with Crippen molar-refractivity contribution in [3.63, 3.8) is 0 Å². The minimum Gasteiger partial charge on any atom is -0.493 e. The van der Waals surface area contributed by atoms with Gasteiger partial charge in [-0.2, -0.15) is 0 Å². The van der Waals surface area contributed by atoms with E-state index in [2.05, 4.69) is 23.5 Å². The molecule has 1 atom stereocenters. The summed E-state index contributed by atoms with van der Waals surface area (Å²) >= 11 is 0. The van der Waals surface area contributed by atoms with Crippen LogP contribution in [0, 0.1) is 0 Å². The summed E-state index contributed by atoms with van der Waals surface area (Å²) in [6.07, 6.45) is 4.53. The van der Waals surface area contributed by atoms with E-state index in [1.54, 1.807) is 0 Å². The molecule has 1 aromatic carbocycles. The summed E-state index contributed by atoms with van der Waals surface area (Å²) in [5, 5.41) is 3.44. The molecular weight excluding hydrogens is 226 g/mol. The summed E-state index contributed by atoms with van der Waals surface area (Å²) in [4.78, 5) is 0. The van der Waals surface area contributed by atoms with Crippen LogP contribution in [0.15, 0.2) is 18.2 Å². The van der Waals surface area contributed by atoms with E-state index in [4.69, 9.17) is 9.47 Å². The maximum atomic E-state index is 5.83. The van der Waals surface area contributed by atoms with Crippen molar-refractivity contribution in [1.82, 2.24) is 5.32 Å². The molecule has 0 aromatic heterocycles. The van der Waals surface area contributed by atoms with Gasteiger partial charge in [0.1, 0.15) is 5.75 Å². The number of hydrogen-bond donors (Lipinski definition) is 1. The maximum Gasteiger partial charge on any atom is 0.127 e. The number of fused-ring (bicyclic) bond motifs is 1. The molecule has 18 heavy (non-hydrogen) atoms. The second-order valence-corrected chi connectivity index (χ2v) is 5.28. The van der Waals surface area contributed by atoms with Crippen molar-refractivity contribution in [2.24, 2.45) is 0 Å². The molecule has 1 N–H and O–H groups in total. The van der Waals surface area contributed by atoms with Gasteiger partial charge < -0.3 is 14.8 Å². The topological polar surface area (TPSA) is 30.5 Å². The molecule has 2 aliphatic rings. The van der Waals surface area contributed by atoms with E-state index in [9.17, 15) is 0 Å². The number of rotatable bonds is 4. The van der Waals surface area contributed by atoms with E-state index in [0.717, 1.165) is 31.6 Å². The van der Waals surface area contributed by atoms with E-state index in [-0.39, 0.29) is 11.6 Å². The lowest BCUT2D eigenvalue weighted by molar-refractivity contribution is -0.0986. The van der Waals surface area contributed by atoms with Gasteiger partial charge in [0, 0.05) is 19.1 Å². The van der Waals surface area contributed by atoms with Crippen LogP contribution in [-0.2, 0) is 11.2 Å². The van der Waals surface area contributed by atoms with Gasteiger partial charge in [-0.3, -0.25) is 0 Å². The standard InChI is InChI=1S/C15H21NO2/c1-16-14(15(17-2)8-4-9-15)12-6-3-5-11-7-10-18-13(11)12/h3,5-6,14,16H,4,7-10H2,1-2H3. The van der Waals surface area contributed by atoms with Crippen molar-refractivity contribution in [3.05, 3.63) is 29.3 Å². The molecule has 1 fully saturated rings. The molecule has 1 aliphatic heterocycles. The monoisotopic (exact) mass is 247 g/mol. The van der Waals surface area contributed by atoms with Gasteiger partial charge in [-0.25, -0.2) is 0 Å². The summed E-state index contributed by atoms with van der Waals surface area (Å²) < 4.78 is 11.6. The third kappa shape index (κ3) is 1.65. The molecule has 1 saturated carbocycles. The average molecular weight is 247 g/mol. The van der Waals surface area contributed by atoms with Crippen LogP contribution in [0.2, 0.25) is 0 Å².